The molecule has 0 aromatic heterocycles. The van der Waals surface area contributed by atoms with Crippen molar-refractivity contribution in [3.05, 3.63) is 0 Å². The van der Waals surface area contributed by atoms with E-state index < -0.39 is 12.1 Å². The van der Waals surface area contributed by atoms with Crippen molar-refractivity contribution >= 4 is 11.8 Å². The molecule has 23 heavy (non-hydrogen) atoms. The zero-order valence-electron chi connectivity index (χ0n) is 12.9. The fourth-order valence-electron chi connectivity index (χ4n) is 3.50. The van der Waals surface area contributed by atoms with Gasteiger partial charge in [-0.25, -0.2) is 4.79 Å². The zero-order chi connectivity index (χ0) is 17.0. The minimum atomic E-state index is -5.08. The van der Waals surface area contributed by atoms with Crippen LogP contribution in [0.25, 0.3) is 0 Å². The molecule has 2 N–H and O–H groups in total. The summed E-state index contributed by atoms with van der Waals surface area (Å²) in [5.74, 6) is 0.843. The molecular formula is C14H20F3N3O3. The highest BCUT2D eigenvalue weighted by Gasteiger charge is 2.61. The van der Waals surface area contributed by atoms with Crippen molar-refractivity contribution in [3.63, 3.8) is 0 Å². The maximum atomic E-state index is 10.6. The van der Waals surface area contributed by atoms with Gasteiger partial charge in [-0.3, -0.25) is 0 Å². The molecule has 0 aromatic rings. The van der Waals surface area contributed by atoms with E-state index in [1.165, 1.54) is 31.8 Å². The van der Waals surface area contributed by atoms with Crippen LogP contribution in [0.15, 0.2) is 5.16 Å². The van der Waals surface area contributed by atoms with Gasteiger partial charge in [0.15, 0.2) is 5.84 Å². The Kier molecular flexibility index (Phi) is 3.74. The van der Waals surface area contributed by atoms with E-state index in [2.05, 4.69) is 29.2 Å². The summed E-state index contributed by atoms with van der Waals surface area (Å²) in [6.45, 7) is 6.62. The number of carbonyl (C=O) groups is 1. The lowest BCUT2D eigenvalue weighted by Crippen LogP contribution is -2.46. The summed E-state index contributed by atoms with van der Waals surface area (Å²) in [5.41, 5.74) is -0.208. The number of fused-ring (bicyclic) bond motifs is 1. The highest BCUT2D eigenvalue weighted by molar-refractivity contribution is 5.89. The van der Waals surface area contributed by atoms with E-state index in [1.807, 2.05) is 0 Å². The number of rotatable bonds is 2. The molecule has 0 amide bonds. The fourth-order valence-corrected chi connectivity index (χ4v) is 3.50. The van der Waals surface area contributed by atoms with Crippen LogP contribution in [0.2, 0.25) is 0 Å². The van der Waals surface area contributed by atoms with Crippen molar-refractivity contribution in [1.29, 1.82) is 0 Å². The zero-order valence-corrected chi connectivity index (χ0v) is 12.9. The molecule has 2 saturated carbocycles. The molecule has 9 heteroatoms. The molecule has 2 heterocycles. The van der Waals surface area contributed by atoms with Crippen LogP contribution in [0.4, 0.5) is 13.2 Å². The number of carboxylic acids is 1. The molecule has 6 nitrogen and oxygen atoms in total. The van der Waals surface area contributed by atoms with Crippen LogP contribution < -0.4 is 5.32 Å². The minimum Gasteiger partial charge on any atom is -0.475 e. The van der Waals surface area contributed by atoms with Gasteiger partial charge in [0.25, 0.3) is 0 Å². The van der Waals surface area contributed by atoms with Gasteiger partial charge in [0.05, 0.1) is 0 Å². The predicted octanol–water partition coefficient (Wildman–Crippen LogP) is 1.63. The standard InChI is InChI=1S/C12H19N3O.C2HF3O2/c1-12(2)15(7-3-4-7)11(14-16-12)10-8-5-13-6-9(8)10;3-2(4,5)1(6)7/h7-10,13H,3-6H2,1-2H3;(H,6,7)/t8-,9+,10?;. The van der Waals surface area contributed by atoms with Gasteiger partial charge in [-0.2, -0.15) is 13.2 Å². The Labute approximate surface area is 131 Å². The highest BCUT2D eigenvalue weighted by atomic mass is 19.4. The first-order chi connectivity index (χ1) is 10.6. The van der Waals surface area contributed by atoms with Gasteiger partial charge in [0.1, 0.15) is 0 Å². The van der Waals surface area contributed by atoms with Crippen molar-refractivity contribution in [3.8, 4) is 0 Å². The van der Waals surface area contributed by atoms with E-state index in [9.17, 15) is 13.2 Å². The molecule has 1 saturated heterocycles. The predicted molar refractivity (Wildman–Crippen MR) is 74.5 cm³/mol. The average Bonchev–Trinajstić information content (AvgIpc) is 3.30. The lowest BCUT2D eigenvalue weighted by atomic mass is 10.1. The molecule has 2 aliphatic heterocycles. The van der Waals surface area contributed by atoms with Gasteiger partial charge < -0.3 is 20.2 Å². The van der Waals surface area contributed by atoms with E-state index in [-0.39, 0.29) is 5.72 Å². The van der Waals surface area contributed by atoms with Crippen molar-refractivity contribution in [1.82, 2.24) is 10.2 Å². The van der Waals surface area contributed by atoms with E-state index >= 15 is 0 Å². The second-order valence-corrected chi connectivity index (χ2v) is 6.90. The summed E-state index contributed by atoms with van der Waals surface area (Å²) in [7, 11) is 0. The number of nitrogens with one attached hydrogen (secondary N) is 1. The van der Waals surface area contributed by atoms with Gasteiger partial charge >= 0.3 is 12.1 Å². The molecule has 0 radical (unpaired) electrons. The fraction of sp³-hybridized carbons (Fsp3) is 0.857. The highest BCUT2D eigenvalue weighted by Crippen LogP contribution is 2.53. The molecule has 130 valence electrons. The number of piperidine rings is 1. The van der Waals surface area contributed by atoms with E-state index in [4.69, 9.17) is 14.7 Å². The van der Waals surface area contributed by atoms with E-state index in [0.717, 1.165) is 11.8 Å². The number of carboxylic acid groups (broad SMARTS) is 1. The molecule has 0 aromatic carbocycles. The molecule has 3 atom stereocenters. The third-order valence-corrected chi connectivity index (χ3v) is 4.73. The van der Waals surface area contributed by atoms with Gasteiger partial charge in [0.2, 0.25) is 5.72 Å². The molecule has 4 rings (SSSR count). The first-order valence-corrected chi connectivity index (χ1v) is 7.69. The Bertz CT molecular complexity index is 521. The lowest BCUT2D eigenvalue weighted by molar-refractivity contribution is -0.192. The topological polar surface area (TPSA) is 74.2 Å². The Morgan fingerprint density at radius 1 is 1.35 bits per heavy atom. The molecule has 2 aliphatic carbocycles. The van der Waals surface area contributed by atoms with E-state index in [0.29, 0.717) is 12.0 Å². The van der Waals surface area contributed by atoms with Crippen LogP contribution in [0.3, 0.4) is 0 Å². The van der Waals surface area contributed by atoms with Crippen LogP contribution in [-0.2, 0) is 9.63 Å². The van der Waals surface area contributed by atoms with Crippen LogP contribution in [0.1, 0.15) is 26.7 Å². The van der Waals surface area contributed by atoms with Crippen LogP contribution in [-0.4, -0.2) is 52.8 Å². The number of hydrogen-bond donors (Lipinski definition) is 2. The molecule has 4 aliphatic rings. The van der Waals surface area contributed by atoms with E-state index in [1.54, 1.807) is 0 Å². The number of alkyl halides is 3. The van der Waals surface area contributed by atoms with Gasteiger partial charge in [-0.15, -0.1) is 0 Å². The molecule has 1 unspecified atom stereocenters. The SMILES string of the molecule is CC1(C)ON=C(C2[C@H]3CNC[C@@H]23)N1C1CC1.O=C(O)C(F)(F)F. The van der Waals surface area contributed by atoms with Crippen molar-refractivity contribution < 1.29 is 27.9 Å². The number of hydrogen-bond acceptors (Lipinski definition) is 5. The summed E-state index contributed by atoms with van der Waals surface area (Å²) >= 11 is 0. The van der Waals surface area contributed by atoms with Crippen LogP contribution >= 0.6 is 0 Å². The van der Waals surface area contributed by atoms with Gasteiger partial charge in [0, 0.05) is 12.0 Å². The second kappa shape index (κ2) is 5.25. The summed E-state index contributed by atoms with van der Waals surface area (Å²) in [4.78, 5) is 17.0. The van der Waals surface area contributed by atoms with Gasteiger partial charge in [-0.1, -0.05) is 5.16 Å². The molecule has 0 spiro atoms. The van der Waals surface area contributed by atoms with Crippen LogP contribution in [0, 0.1) is 17.8 Å². The lowest BCUT2D eigenvalue weighted by Gasteiger charge is -2.31. The first-order valence-electron chi connectivity index (χ1n) is 7.69. The summed E-state index contributed by atoms with van der Waals surface area (Å²) in [6, 6.07) is 0.700. The summed E-state index contributed by atoms with van der Waals surface area (Å²) in [6.07, 6.45) is -2.46. The second-order valence-electron chi connectivity index (χ2n) is 6.90. The third kappa shape index (κ3) is 3.11. The summed E-state index contributed by atoms with van der Waals surface area (Å²) in [5, 5.41) is 15.0. The first kappa shape index (κ1) is 16.4. The third-order valence-electron chi connectivity index (χ3n) is 4.73. The normalized spacial score (nSPS) is 34.0. The average molecular weight is 335 g/mol. The molecular weight excluding hydrogens is 315 g/mol. The smallest absolute Gasteiger partial charge is 0.475 e. The Morgan fingerprint density at radius 2 is 1.87 bits per heavy atom. The summed E-state index contributed by atoms with van der Waals surface area (Å²) < 4.78 is 31.7. The minimum absolute atomic E-state index is 0.208. The Balaban J connectivity index is 0.000000193. The number of aliphatic carboxylic acids is 1. The maximum Gasteiger partial charge on any atom is 0.490 e. The largest absolute Gasteiger partial charge is 0.490 e. The van der Waals surface area contributed by atoms with Gasteiger partial charge in [-0.05, 0) is 51.6 Å². The molecule has 0 bridgehead atoms. The number of nitrogens with zero attached hydrogens (tertiary/aromatic N) is 2. The Morgan fingerprint density at radius 3 is 2.30 bits per heavy atom. The van der Waals surface area contributed by atoms with Crippen molar-refractivity contribution in [2.45, 2.75) is 44.6 Å². The number of amidine groups is 1. The monoisotopic (exact) mass is 335 g/mol. The quantitative estimate of drug-likeness (QED) is 0.802. The maximum absolute atomic E-state index is 10.6. The van der Waals surface area contributed by atoms with Crippen molar-refractivity contribution in [2.75, 3.05) is 13.1 Å². The van der Waals surface area contributed by atoms with Crippen LogP contribution in [0.5, 0.6) is 0 Å². The molecule has 3 fully saturated rings. The number of oxime groups is 1. The Hall–Kier alpha value is -1.51. The van der Waals surface area contributed by atoms with Crippen molar-refractivity contribution in [2.24, 2.45) is 22.9 Å². The number of halogens is 3.